The average Bonchev–Trinajstić information content (AvgIpc) is 3.18. The molecular formula is C28H34Cl2N2O5. The van der Waals surface area contributed by atoms with E-state index in [-0.39, 0.29) is 23.6 Å². The van der Waals surface area contributed by atoms with Crippen LogP contribution in [0.1, 0.15) is 68.6 Å². The predicted molar refractivity (Wildman–Crippen MR) is 143 cm³/mol. The van der Waals surface area contributed by atoms with Crippen molar-refractivity contribution in [2.75, 3.05) is 20.3 Å². The lowest BCUT2D eigenvalue weighted by molar-refractivity contribution is -0.143. The minimum atomic E-state index is -0.728. The van der Waals surface area contributed by atoms with Gasteiger partial charge in [-0.3, -0.25) is 9.59 Å². The summed E-state index contributed by atoms with van der Waals surface area (Å²) >= 11 is 12.4. The Labute approximate surface area is 228 Å². The quantitative estimate of drug-likeness (QED) is 0.267. The summed E-state index contributed by atoms with van der Waals surface area (Å²) in [4.78, 5) is 29.1. The third-order valence-electron chi connectivity index (χ3n) is 6.58. The molecule has 1 heterocycles. The van der Waals surface area contributed by atoms with Crippen LogP contribution in [0.5, 0.6) is 5.75 Å². The van der Waals surface area contributed by atoms with Gasteiger partial charge in [-0.05, 0) is 93.7 Å². The van der Waals surface area contributed by atoms with Crippen LogP contribution >= 0.6 is 23.2 Å². The molecule has 3 rings (SSSR count). The smallest absolute Gasteiger partial charge is 0.306 e. The maximum Gasteiger partial charge on any atom is 0.306 e. The molecular weight excluding hydrogens is 515 g/mol. The molecule has 7 nitrogen and oxygen atoms in total. The van der Waals surface area contributed by atoms with Crippen LogP contribution in [-0.4, -0.2) is 46.7 Å². The zero-order chi connectivity index (χ0) is 27.0. The first-order valence-electron chi connectivity index (χ1n) is 12.5. The number of carboxylic acids is 1. The topological polar surface area (TPSA) is 90.7 Å². The molecule has 0 spiro atoms. The van der Waals surface area contributed by atoms with Gasteiger partial charge in [0.15, 0.2) is 5.78 Å². The number of aliphatic carboxylic acids is 1. The first-order chi connectivity index (χ1) is 17.6. The van der Waals surface area contributed by atoms with Crippen LogP contribution in [0, 0.1) is 29.1 Å². The van der Waals surface area contributed by atoms with Gasteiger partial charge in [-0.15, -0.1) is 0 Å². The van der Waals surface area contributed by atoms with Crippen molar-refractivity contribution in [3.05, 3.63) is 46.0 Å². The van der Waals surface area contributed by atoms with Crippen molar-refractivity contribution in [3.8, 4) is 17.6 Å². The van der Waals surface area contributed by atoms with Crippen molar-refractivity contribution in [2.24, 2.45) is 17.3 Å². The third kappa shape index (κ3) is 8.49. The molecule has 200 valence electrons. The molecule has 37 heavy (non-hydrogen) atoms. The van der Waals surface area contributed by atoms with Gasteiger partial charge >= 0.3 is 5.97 Å². The fourth-order valence-electron chi connectivity index (χ4n) is 4.56. The molecule has 0 amide bonds. The third-order valence-corrected chi connectivity index (χ3v) is 7.12. The number of halogens is 2. The molecule has 0 radical (unpaired) electrons. The zero-order valence-corrected chi connectivity index (χ0v) is 23.1. The molecule has 0 aliphatic heterocycles. The van der Waals surface area contributed by atoms with E-state index < -0.39 is 11.4 Å². The van der Waals surface area contributed by atoms with Crippen molar-refractivity contribution >= 4 is 35.0 Å². The Hall–Kier alpha value is -2.53. The standard InChI is InChI=1S/C28H34Cl2N2O5/c1-28(2,18-36-3)15-14-23-25(24(33)13-6-19-4-7-20(8-5-19)26(34)35)32(27(30)31-23)16-17-37-22-11-9-21(29)10-12-22/h9-12,19-20H,4-8,13,16-18H2,1-3H3,(H,34,35). The summed E-state index contributed by atoms with van der Waals surface area (Å²) in [5.74, 6) is 6.13. The largest absolute Gasteiger partial charge is 0.492 e. The molecule has 0 saturated heterocycles. The van der Waals surface area contributed by atoms with E-state index in [0.29, 0.717) is 66.9 Å². The van der Waals surface area contributed by atoms with Gasteiger partial charge in [-0.2, -0.15) is 0 Å². The van der Waals surface area contributed by atoms with Gasteiger partial charge in [-0.25, -0.2) is 4.98 Å². The summed E-state index contributed by atoms with van der Waals surface area (Å²) in [5.41, 5.74) is 0.302. The van der Waals surface area contributed by atoms with E-state index in [1.807, 2.05) is 13.8 Å². The Bertz CT molecular complexity index is 1140. The van der Waals surface area contributed by atoms with Crippen molar-refractivity contribution in [2.45, 2.75) is 58.9 Å². The number of carboxylic acid groups (broad SMARTS) is 1. The van der Waals surface area contributed by atoms with Crippen LogP contribution in [0.2, 0.25) is 10.3 Å². The van der Waals surface area contributed by atoms with Gasteiger partial charge in [-0.1, -0.05) is 17.5 Å². The Balaban J connectivity index is 1.76. The molecule has 0 unspecified atom stereocenters. The number of Topliss-reactive ketones (excluding diaryl/α,β-unsaturated/α-hetero) is 1. The van der Waals surface area contributed by atoms with Crippen molar-refractivity contribution in [1.29, 1.82) is 0 Å². The van der Waals surface area contributed by atoms with Gasteiger partial charge in [0.2, 0.25) is 5.28 Å². The predicted octanol–water partition coefficient (Wildman–Crippen LogP) is 6.15. The molecule has 1 saturated carbocycles. The number of hydrogen-bond donors (Lipinski definition) is 1. The van der Waals surface area contributed by atoms with Crippen molar-refractivity contribution < 1.29 is 24.2 Å². The van der Waals surface area contributed by atoms with Gasteiger partial charge in [0.25, 0.3) is 0 Å². The first-order valence-corrected chi connectivity index (χ1v) is 13.3. The fourth-order valence-corrected chi connectivity index (χ4v) is 4.94. The second-order valence-corrected chi connectivity index (χ2v) is 10.9. The lowest BCUT2D eigenvalue weighted by Crippen LogP contribution is -2.22. The Morgan fingerprint density at radius 3 is 2.46 bits per heavy atom. The first kappa shape index (κ1) is 29.0. The number of aromatic nitrogens is 2. The highest BCUT2D eigenvalue weighted by Gasteiger charge is 2.28. The Morgan fingerprint density at radius 1 is 1.16 bits per heavy atom. The van der Waals surface area contributed by atoms with Gasteiger partial charge < -0.3 is 19.1 Å². The van der Waals surface area contributed by atoms with E-state index in [2.05, 4.69) is 16.8 Å². The van der Waals surface area contributed by atoms with E-state index in [1.165, 1.54) is 0 Å². The summed E-state index contributed by atoms with van der Waals surface area (Å²) in [6.45, 7) is 4.95. The highest BCUT2D eigenvalue weighted by molar-refractivity contribution is 6.30. The highest BCUT2D eigenvalue weighted by Crippen LogP contribution is 2.32. The number of methoxy groups -OCH3 is 1. The minimum Gasteiger partial charge on any atom is -0.492 e. The molecule has 0 bridgehead atoms. The molecule has 2 aromatic rings. The van der Waals surface area contributed by atoms with Crippen molar-refractivity contribution in [1.82, 2.24) is 9.55 Å². The fraction of sp³-hybridized carbons (Fsp3) is 0.536. The number of nitrogens with zero attached hydrogens (tertiary/aromatic N) is 2. The Morgan fingerprint density at radius 2 is 1.84 bits per heavy atom. The van der Waals surface area contributed by atoms with Gasteiger partial charge in [0.05, 0.1) is 19.1 Å². The number of imidazole rings is 1. The molecule has 1 N–H and O–H groups in total. The number of ether oxygens (including phenoxy) is 2. The minimum absolute atomic E-state index is 0.0832. The van der Waals surface area contributed by atoms with Crippen molar-refractivity contribution in [3.63, 3.8) is 0 Å². The number of ketones is 1. The van der Waals surface area contributed by atoms with Crippen LogP contribution in [0.25, 0.3) is 0 Å². The second-order valence-electron chi connectivity index (χ2n) is 10.1. The number of benzene rings is 1. The van der Waals surface area contributed by atoms with Crippen LogP contribution < -0.4 is 4.74 Å². The van der Waals surface area contributed by atoms with Crippen LogP contribution in [0.4, 0.5) is 0 Å². The number of hydrogen-bond acceptors (Lipinski definition) is 5. The molecule has 0 atom stereocenters. The molecule has 1 aromatic heterocycles. The van der Waals surface area contributed by atoms with E-state index in [9.17, 15) is 14.7 Å². The summed E-state index contributed by atoms with van der Waals surface area (Å²) in [5, 5.41) is 10.0. The monoisotopic (exact) mass is 548 g/mol. The molecule has 1 aliphatic rings. The normalized spacial score (nSPS) is 17.6. The highest BCUT2D eigenvalue weighted by atomic mass is 35.5. The maximum absolute atomic E-state index is 13.5. The van der Waals surface area contributed by atoms with Crippen LogP contribution in [0.3, 0.4) is 0 Å². The molecule has 9 heteroatoms. The summed E-state index contributed by atoms with van der Waals surface area (Å²) in [6.07, 6.45) is 3.96. The van der Waals surface area contributed by atoms with E-state index in [4.69, 9.17) is 32.7 Å². The second kappa shape index (κ2) is 13.3. The van der Waals surface area contributed by atoms with E-state index in [0.717, 1.165) is 12.8 Å². The summed E-state index contributed by atoms with van der Waals surface area (Å²) in [7, 11) is 1.62. The maximum atomic E-state index is 13.5. The number of rotatable bonds is 11. The number of carbonyl (C=O) groups is 2. The van der Waals surface area contributed by atoms with Gasteiger partial charge in [0.1, 0.15) is 23.7 Å². The summed E-state index contributed by atoms with van der Waals surface area (Å²) in [6, 6.07) is 7.04. The van der Waals surface area contributed by atoms with E-state index in [1.54, 1.807) is 35.9 Å². The van der Waals surface area contributed by atoms with Gasteiger partial charge in [0, 0.05) is 24.0 Å². The lowest BCUT2D eigenvalue weighted by Gasteiger charge is -2.25. The molecule has 1 aromatic carbocycles. The average molecular weight is 549 g/mol. The Kier molecular flexibility index (Phi) is 10.5. The molecule has 1 aliphatic carbocycles. The summed E-state index contributed by atoms with van der Waals surface area (Å²) < 4.78 is 12.7. The SMILES string of the molecule is COCC(C)(C)C#Cc1nc(Cl)n(CCOc2ccc(Cl)cc2)c1C(=O)CCC1CCC(C(=O)O)CC1. The lowest BCUT2D eigenvalue weighted by atomic mass is 9.79. The van der Waals surface area contributed by atoms with Crippen LogP contribution in [-0.2, 0) is 16.1 Å². The number of carbonyl (C=O) groups excluding carboxylic acids is 1. The zero-order valence-electron chi connectivity index (χ0n) is 21.6. The molecule has 1 fully saturated rings. The van der Waals surface area contributed by atoms with E-state index >= 15 is 0 Å². The van der Waals surface area contributed by atoms with Crippen LogP contribution in [0.15, 0.2) is 24.3 Å².